The number of guanidine groups is 2. The molecule has 3 aromatic rings. The van der Waals surface area contributed by atoms with Crippen LogP contribution < -0.4 is 71.6 Å². The molecule has 8 amide bonds. The van der Waals surface area contributed by atoms with E-state index >= 15 is 0 Å². The highest BCUT2D eigenvalue weighted by Crippen LogP contribution is 2.20. The number of hydrogen-bond acceptors (Lipinski definition) is 11. The Kier molecular flexibility index (Phi) is 29.8. The Labute approximate surface area is 476 Å². The summed E-state index contributed by atoms with van der Waals surface area (Å²) in [6.45, 7) is 11.8. The molecule has 0 radical (unpaired) electrons. The Balaban J connectivity index is 2.01. The van der Waals surface area contributed by atoms with Gasteiger partial charge in [-0.3, -0.25) is 48.3 Å². The second kappa shape index (κ2) is 35.8. The fourth-order valence-electron chi connectivity index (χ4n) is 9.10. The van der Waals surface area contributed by atoms with E-state index in [2.05, 4.69) is 52.2 Å². The number of aromatic amines is 1. The highest BCUT2D eigenvalue weighted by molar-refractivity contribution is 5.98. The normalized spacial score (nSPS) is 14.5. The summed E-state index contributed by atoms with van der Waals surface area (Å²) in [5.74, 6) is -6.29. The number of para-hydroxylation sites is 1. The van der Waals surface area contributed by atoms with Gasteiger partial charge in [-0.15, -0.1) is 0 Å². The quantitative estimate of drug-likeness (QED) is 0.0217. The molecule has 448 valence electrons. The van der Waals surface area contributed by atoms with Crippen molar-refractivity contribution in [2.45, 2.75) is 174 Å². The number of nitrogens with zero attached hydrogens (tertiary/aromatic N) is 2. The van der Waals surface area contributed by atoms with E-state index in [1.165, 1.54) is 0 Å². The molecule has 0 unspecified atom stereocenters. The lowest BCUT2D eigenvalue weighted by atomic mass is 9.97. The molecule has 0 aliphatic rings. The van der Waals surface area contributed by atoms with Crippen molar-refractivity contribution in [1.82, 2.24) is 42.2 Å². The van der Waals surface area contributed by atoms with Crippen molar-refractivity contribution in [3.8, 4) is 0 Å². The van der Waals surface area contributed by atoms with Crippen LogP contribution in [0.2, 0.25) is 0 Å². The summed E-state index contributed by atoms with van der Waals surface area (Å²) in [5.41, 5.74) is 35.8. The van der Waals surface area contributed by atoms with E-state index in [-0.39, 0.29) is 87.7 Å². The first-order valence-corrected chi connectivity index (χ1v) is 28.4. The monoisotopic (exact) mass is 1130 g/mol. The average molecular weight is 1130 g/mol. The lowest BCUT2D eigenvalue weighted by Gasteiger charge is -2.28. The number of nitrogens with one attached hydrogen (secondary N) is 8. The maximum absolute atomic E-state index is 14.9. The number of aromatic nitrogens is 1. The third-order valence-electron chi connectivity index (χ3n) is 14.0. The summed E-state index contributed by atoms with van der Waals surface area (Å²) in [7, 11) is 0. The van der Waals surface area contributed by atoms with Crippen molar-refractivity contribution in [3.05, 3.63) is 71.9 Å². The highest BCUT2D eigenvalue weighted by Gasteiger charge is 2.35. The molecule has 1 heterocycles. The summed E-state index contributed by atoms with van der Waals surface area (Å²) >= 11 is 0. The van der Waals surface area contributed by atoms with Gasteiger partial charge in [0.05, 0.1) is 0 Å². The van der Waals surface area contributed by atoms with E-state index in [1.54, 1.807) is 44.3 Å². The lowest BCUT2D eigenvalue weighted by molar-refractivity contribution is -0.136. The highest BCUT2D eigenvalue weighted by atomic mass is 16.2. The first kappa shape index (κ1) is 67.5. The number of nitrogens with two attached hydrogens (primary N) is 6. The van der Waals surface area contributed by atoms with Crippen molar-refractivity contribution in [2.75, 3.05) is 19.6 Å². The summed E-state index contributed by atoms with van der Waals surface area (Å²) in [6.07, 6.45) is 5.98. The number of rotatable bonds is 38. The van der Waals surface area contributed by atoms with Gasteiger partial charge in [0.2, 0.25) is 47.3 Å². The van der Waals surface area contributed by atoms with Gasteiger partial charge in [-0.25, -0.2) is 0 Å². The maximum atomic E-state index is 14.9. The number of unbranched alkanes of at least 4 members (excludes halogenated alkanes) is 2. The first-order chi connectivity index (χ1) is 38.6. The number of benzene rings is 2. The summed E-state index contributed by atoms with van der Waals surface area (Å²) in [5, 5.41) is 20.6. The van der Waals surface area contributed by atoms with E-state index in [0.29, 0.717) is 57.1 Å². The number of fused-ring (bicyclic) bond motifs is 1. The second-order valence-corrected chi connectivity index (χ2v) is 21.2. The van der Waals surface area contributed by atoms with Crippen molar-refractivity contribution >= 4 is 70.1 Å². The summed E-state index contributed by atoms with van der Waals surface area (Å²) < 4.78 is 0. The van der Waals surface area contributed by atoms with Crippen LogP contribution in [0.4, 0.5) is 0 Å². The van der Waals surface area contributed by atoms with Crippen LogP contribution in [-0.4, -0.2) is 126 Å². The van der Waals surface area contributed by atoms with Crippen LogP contribution in [0.1, 0.15) is 130 Å². The molecule has 81 heavy (non-hydrogen) atoms. The van der Waals surface area contributed by atoms with Crippen LogP contribution in [0.15, 0.2) is 70.8 Å². The molecule has 0 bridgehead atoms. The van der Waals surface area contributed by atoms with Gasteiger partial charge in [0.15, 0.2) is 11.9 Å². The van der Waals surface area contributed by atoms with Gasteiger partial charge in [0.25, 0.3) is 0 Å². The minimum Gasteiger partial charge on any atom is -0.370 e. The number of hydrogen-bond donors (Lipinski definition) is 14. The fourth-order valence-corrected chi connectivity index (χ4v) is 9.10. The zero-order valence-electron chi connectivity index (χ0n) is 48.2. The Morgan fingerprint density at radius 1 is 0.519 bits per heavy atom. The third kappa shape index (κ3) is 24.2. The van der Waals surface area contributed by atoms with Gasteiger partial charge in [0, 0.05) is 48.9 Å². The molecular formula is C57H92N16O8. The fraction of sp³-hybridized carbons (Fsp3) is 0.579. The molecule has 0 aliphatic heterocycles. The molecule has 9 atom stereocenters. The van der Waals surface area contributed by atoms with E-state index in [4.69, 9.17) is 34.4 Å². The zero-order valence-corrected chi connectivity index (χ0v) is 48.2. The summed E-state index contributed by atoms with van der Waals surface area (Å²) in [4.78, 5) is 124. The number of aliphatic imine (C=N–C) groups is 2. The molecule has 20 N–H and O–H groups in total. The third-order valence-corrected chi connectivity index (χ3v) is 14.0. The maximum Gasteiger partial charge on any atom is 0.243 e. The van der Waals surface area contributed by atoms with Crippen molar-refractivity contribution < 1.29 is 38.4 Å². The first-order valence-electron chi connectivity index (χ1n) is 28.4. The van der Waals surface area contributed by atoms with Crippen LogP contribution in [0, 0.1) is 17.8 Å². The van der Waals surface area contributed by atoms with Crippen LogP contribution in [-0.2, 0) is 51.2 Å². The minimum absolute atomic E-state index is 0.0271. The molecule has 0 saturated carbocycles. The van der Waals surface area contributed by atoms with Crippen LogP contribution in [0.5, 0.6) is 0 Å². The Morgan fingerprint density at radius 2 is 0.988 bits per heavy atom. The van der Waals surface area contributed by atoms with E-state index in [1.807, 2.05) is 58.0 Å². The van der Waals surface area contributed by atoms with E-state index < -0.39 is 89.6 Å². The molecule has 2 aromatic carbocycles. The van der Waals surface area contributed by atoms with Gasteiger partial charge in [-0.1, -0.05) is 109 Å². The summed E-state index contributed by atoms with van der Waals surface area (Å²) in [6, 6.07) is 8.16. The lowest BCUT2D eigenvalue weighted by Crippen LogP contribution is -2.60. The standard InChI is InChI=1S/C57H92N16O8/c1-7-9-23-41(51(77)71-45(31-37-20-11-10-12-21-37)55(81)73-47(48(59)74)35(5)8-2)68-54(80)46(32-38-33-66-40-24-14-13-22-39(38)40)72-52(78)42(25-15-16-27-58)67-50(76)43(26-18-29-65-57(62)63)69-53(79)44(30-34(3)4)70-49(75)36(6)19-17-28-64-56(60)61/h10-14,20-22,24,33-36,41-47,66H,7-9,15-19,23,25-32,58H2,1-6H3,(H2,59,74)(H,67,76)(H,68,80)(H,69,79)(H,70,75)(H,71,77)(H,72,78)(H,73,81)(H4,60,61,64)(H4,62,63,65)/t35-,36-,41-,42-,43-,44-,45-,46-,47-/m0/s1. The van der Waals surface area contributed by atoms with Gasteiger partial charge >= 0.3 is 0 Å². The number of primary amides is 1. The average Bonchev–Trinajstić information content (AvgIpc) is 3.84. The van der Waals surface area contributed by atoms with Crippen LogP contribution in [0.25, 0.3) is 10.9 Å². The number of amides is 8. The molecule has 3 rings (SSSR count). The largest absolute Gasteiger partial charge is 0.370 e. The van der Waals surface area contributed by atoms with E-state index in [9.17, 15) is 38.4 Å². The van der Waals surface area contributed by atoms with Crippen molar-refractivity contribution in [3.63, 3.8) is 0 Å². The van der Waals surface area contributed by atoms with Gasteiger partial charge in [0.1, 0.15) is 42.3 Å². The Hall–Kier alpha value is -7.76. The molecule has 0 aliphatic carbocycles. The number of H-pyrrole nitrogens is 1. The van der Waals surface area contributed by atoms with Crippen LogP contribution in [0.3, 0.4) is 0 Å². The van der Waals surface area contributed by atoms with Crippen molar-refractivity contribution in [1.29, 1.82) is 0 Å². The molecule has 1 aromatic heterocycles. The predicted molar refractivity (Wildman–Crippen MR) is 315 cm³/mol. The molecule has 0 spiro atoms. The predicted octanol–water partition coefficient (Wildman–Crippen LogP) is 0.987. The molecular weight excluding hydrogens is 1040 g/mol. The number of carbonyl (C=O) groups is 8. The molecule has 0 saturated heterocycles. The smallest absolute Gasteiger partial charge is 0.243 e. The minimum atomic E-state index is -1.33. The number of carbonyl (C=O) groups excluding carboxylic acids is 8. The van der Waals surface area contributed by atoms with Gasteiger partial charge in [-0.2, -0.15) is 0 Å². The van der Waals surface area contributed by atoms with Crippen molar-refractivity contribution in [2.24, 2.45) is 62.1 Å². The molecule has 24 heteroatoms. The zero-order chi connectivity index (χ0) is 60.0. The molecule has 24 nitrogen and oxygen atoms in total. The second-order valence-electron chi connectivity index (χ2n) is 21.2. The Bertz CT molecular complexity index is 2550. The SMILES string of the molecule is CCCC[C@H](NC(=O)[C@H](Cc1c[nH]c2ccccc12)NC(=O)[C@H](CCCCN)NC(=O)[C@H](CCCN=C(N)N)NC(=O)[C@H](CC(C)C)NC(=O)[C@@H](C)CCCN=C(N)N)C(=O)N[C@@H](Cc1ccccc1)C(=O)N[C@H](C(N)=O)[C@@H](C)CC. The van der Waals surface area contributed by atoms with Crippen LogP contribution >= 0.6 is 0 Å². The Morgan fingerprint density at radius 3 is 1.52 bits per heavy atom. The van der Waals surface area contributed by atoms with Gasteiger partial charge in [-0.05, 0) is 93.4 Å². The molecule has 0 fully saturated rings. The topological polar surface area (TPSA) is 417 Å². The van der Waals surface area contributed by atoms with Gasteiger partial charge < -0.3 is 76.6 Å². The van der Waals surface area contributed by atoms with E-state index in [0.717, 1.165) is 16.5 Å².